The van der Waals surface area contributed by atoms with Crippen LogP contribution in [0.15, 0.2) is 38.4 Å². The zero-order valence-electron chi connectivity index (χ0n) is 20.1. The molecule has 0 unspecified atom stereocenters. The monoisotopic (exact) mass is 483 g/mol. The van der Waals surface area contributed by atoms with Crippen LogP contribution in [-0.2, 0) is 11.3 Å². The van der Waals surface area contributed by atoms with E-state index < -0.39 is 17.2 Å². The van der Waals surface area contributed by atoms with Gasteiger partial charge in [0, 0.05) is 32.2 Å². The molecule has 12 nitrogen and oxygen atoms in total. The number of morpholine rings is 1. The lowest BCUT2D eigenvalue weighted by atomic mass is 10.2. The molecule has 1 N–H and O–H groups in total. The largest absolute Gasteiger partial charge is 0.379 e. The normalized spacial score (nSPS) is 15.2. The van der Waals surface area contributed by atoms with Gasteiger partial charge < -0.3 is 14.6 Å². The van der Waals surface area contributed by atoms with Gasteiger partial charge in [-0.3, -0.25) is 19.1 Å². The second-order valence-corrected chi connectivity index (χ2v) is 8.34. The molecule has 1 fully saturated rings. The van der Waals surface area contributed by atoms with Crippen LogP contribution in [0.1, 0.15) is 36.5 Å². The number of amides is 1. The molecule has 3 aromatic rings. The highest BCUT2D eigenvalue weighted by atomic mass is 16.5. The highest BCUT2D eigenvalue weighted by Crippen LogP contribution is 2.11. The van der Waals surface area contributed by atoms with E-state index in [0.717, 1.165) is 27.9 Å². The van der Waals surface area contributed by atoms with E-state index in [-0.39, 0.29) is 30.0 Å². The third kappa shape index (κ3) is 5.38. The van der Waals surface area contributed by atoms with Crippen molar-refractivity contribution in [2.24, 2.45) is 0 Å². The molecule has 1 atom stereocenters. The third-order valence-corrected chi connectivity index (χ3v) is 5.90. The number of hydrogen-bond donors (Lipinski definition) is 1. The number of rotatable bonds is 8. The van der Waals surface area contributed by atoms with Gasteiger partial charge in [0.15, 0.2) is 5.69 Å². The highest BCUT2D eigenvalue weighted by molar-refractivity contribution is 5.90. The maximum Gasteiger partial charge on any atom is 0.352 e. The van der Waals surface area contributed by atoms with Gasteiger partial charge in [-0.25, -0.2) is 4.79 Å². The summed E-state index contributed by atoms with van der Waals surface area (Å²) in [5.74, 6) is -0.978. The maximum atomic E-state index is 12.9. The number of aryl methyl sites for hydroxylation is 1. The number of hydrogen-bond acceptors (Lipinski definition) is 9. The first kappa shape index (κ1) is 24.5. The van der Waals surface area contributed by atoms with Gasteiger partial charge in [-0.1, -0.05) is 29.8 Å². The van der Waals surface area contributed by atoms with Crippen LogP contribution in [0.5, 0.6) is 0 Å². The summed E-state index contributed by atoms with van der Waals surface area (Å²) in [6, 6.07) is 7.01. The lowest BCUT2D eigenvalue weighted by Gasteiger charge is -2.30. The van der Waals surface area contributed by atoms with Crippen molar-refractivity contribution in [1.82, 2.24) is 34.7 Å². The summed E-state index contributed by atoms with van der Waals surface area (Å²) >= 11 is 0. The van der Waals surface area contributed by atoms with Crippen LogP contribution in [0.2, 0.25) is 0 Å². The standard InChI is InChI=1S/C23H29N7O5/c1-4-16(14-28-10-12-34-13-11-28)24-20(31)21-25-19(27-35-21)18-22(32)29(5-2)23(33)30(26-18)17-8-6-15(3)7-9-17/h6-9,16H,4-5,10-14H2,1-3H3,(H,24,31)/t16-/m1/s1. The number of nitrogens with one attached hydrogen (secondary N) is 1. The van der Waals surface area contributed by atoms with E-state index in [1.165, 1.54) is 0 Å². The van der Waals surface area contributed by atoms with Crippen LogP contribution in [0.4, 0.5) is 0 Å². The molecule has 1 aromatic carbocycles. The number of carbonyl (C=O) groups is 1. The summed E-state index contributed by atoms with van der Waals surface area (Å²) in [6.07, 6.45) is 0.717. The fourth-order valence-corrected chi connectivity index (χ4v) is 3.82. The van der Waals surface area contributed by atoms with Crippen molar-refractivity contribution in [2.45, 2.75) is 39.8 Å². The minimum absolute atomic E-state index is 0.116. The molecule has 1 saturated heterocycles. The number of benzene rings is 1. The van der Waals surface area contributed by atoms with Gasteiger partial charge in [-0.05, 0) is 32.4 Å². The Morgan fingerprint density at radius 1 is 1.14 bits per heavy atom. The molecule has 186 valence electrons. The number of nitrogens with zero attached hydrogens (tertiary/aromatic N) is 6. The van der Waals surface area contributed by atoms with E-state index in [0.29, 0.717) is 31.9 Å². The summed E-state index contributed by atoms with van der Waals surface area (Å²) < 4.78 is 12.7. The zero-order chi connectivity index (χ0) is 24.9. The van der Waals surface area contributed by atoms with E-state index in [2.05, 4.69) is 25.5 Å². The molecule has 0 saturated carbocycles. The fraction of sp³-hybridized carbons (Fsp3) is 0.478. The number of carbonyl (C=O) groups excluding carboxylic acids is 1. The van der Waals surface area contributed by atoms with Crippen molar-refractivity contribution < 1.29 is 14.1 Å². The van der Waals surface area contributed by atoms with Gasteiger partial charge in [-0.15, -0.1) is 0 Å². The Morgan fingerprint density at radius 2 is 1.86 bits per heavy atom. The summed E-state index contributed by atoms with van der Waals surface area (Å²) in [5.41, 5.74) is 0.0705. The van der Waals surface area contributed by atoms with Gasteiger partial charge in [-0.2, -0.15) is 14.8 Å². The van der Waals surface area contributed by atoms with Gasteiger partial charge in [0.1, 0.15) is 0 Å². The second kappa shape index (κ2) is 10.7. The molecule has 35 heavy (non-hydrogen) atoms. The first-order chi connectivity index (χ1) is 16.9. The molecular formula is C23H29N7O5. The zero-order valence-corrected chi connectivity index (χ0v) is 20.1. The Balaban J connectivity index is 1.60. The summed E-state index contributed by atoms with van der Waals surface area (Å²) in [4.78, 5) is 44.9. The SMILES string of the molecule is CC[C@H](CN1CCOCC1)NC(=O)c1nc(-c2nn(-c3ccc(C)cc3)c(=O)n(CC)c2=O)no1. The predicted octanol–water partition coefficient (Wildman–Crippen LogP) is 0.613. The van der Waals surface area contributed by atoms with E-state index in [9.17, 15) is 14.4 Å². The molecule has 1 aliphatic rings. The predicted molar refractivity (Wildman–Crippen MR) is 127 cm³/mol. The van der Waals surface area contributed by atoms with Crippen molar-refractivity contribution in [3.05, 3.63) is 56.6 Å². The first-order valence-electron chi connectivity index (χ1n) is 11.7. The maximum absolute atomic E-state index is 12.9. The van der Waals surface area contributed by atoms with E-state index in [1.54, 1.807) is 19.1 Å². The first-order valence-corrected chi connectivity index (χ1v) is 11.7. The van der Waals surface area contributed by atoms with Crippen molar-refractivity contribution in [3.63, 3.8) is 0 Å². The Morgan fingerprint density at radius 3 is 2.51 bits per heavy atom. The lowest BCUT2D eigenvalue weighted by molar-refractivity contribution is 0.0330. The van der Waals surface area contributed by atoms with E-state index in [4.69, 9.17) is 9.26 Å². The van der Waals surface area contributed by atoms with Crippen molar-refractivity contribution in [3.8, 4) is 17.2 Å². The fourth-order valence-electron chi connectivity index (χ4n) is 3.82. The molecule has 4 rings (SSSR count). The minimum Gasteiger partial charge on any atom is -0.379 e. The van der Waals surface area contributed by atoms with Crippen molar-refractivity contribution in [1.29, 1.82) is 0 Å². The van der Waals surface area contributed by atoms with E-state index >= 15 is 0 Å². The smallest absolute Gasteiger partial charge is 0.352 e. The topological polar surface area (TPSA) is 137 Å². The lowest BCUT2D eigenvalue weighted by Crippen LogP contribution is -2.47. The summed E-state index contributed by atoms with van der Waals surface area (Å²) in [7, 11) is 0. The molecule has 0 radical (unpaired) electrons. The Kier molecular flexibility index (Phi) is 7.51. The molecule has 1 amide bonds. The van der Waals surface area contributed by atoms with Crippen molar-refractivity contribution >= 4 is 5.91 Å². The van der Waals surface area contributed by atoms with Gasteiger partial charge >= 0.3 is 17.5 Å². The van der Waals surface area contributed by atoms with Gasteiger partial charge in [0.05, 0.1) is 18.9 Å². The quantitative estimate of drug-likeness (QED) is 0.488. The van der Waals surface area contributed by atoms with Crippen LogP contribution < -0.4 is 16.6 Å². The van der Waals surface area contributed by atoms with Crippen molar-refractivity contribution in [2.75, 3.05) is 32.8 Å². The molecule has 0 aliphatic carbocycles. The van der Waals surface area contributed by atoms with Crippen LogP contribution >= 0.6 is 0 Å². The third-order valence-electron chi connectivity index (χ3n) is 5.90. The highest BCUT2D eigenvalue weighted by Gasteiger charge is 2.24. The van der Waals surface area contributed by atoms with Crippen LogP contribution in [-0.4, -0.2) is 74.2 Å². The van der Waals surface area contributed by atoms with Crippen LogP contribution in [0.3, 0.4) is 0 Å². The molecule has 0 spiro atoms. The molecule has 1 aliphatic heterocycles. The van der Waals surface area contributed by atoms with Crippen LogP contribution in [0.25, 0.3) is 17.2 Å². The summed E-state index contributed by atoms with van der Waals surface area (Å²) in [6.45, 7) is 9.35. The summed E-state index contributed by atoms with van der Waals surface area (Å²) in [5, 5.41) is 10.9. The molecule has 12 heteroatoms. The molecule has 2 aromatic heterocycles. The average molecular weight is 484 g/mol. The number of ether oxygens (including phenoxy) is 1. The number of aromatic nitrogens is 5. The van der Waals surface area contributed by atoms with Gasteiger partial charge in [0.2, 0.25) is 5.82 Å². The molecule has 0 bridgehead atoms. The minimum atomic E-state index is -0.660. The average Bonchev–Trinajstić information content (AvgIpc) is 3.36. The Hall–Kier alpha value is -3.64. The van der Waals surface area contributed by atoms with Crippen LogP contribution in [0, 0.1) is 6.92 Å². The Labute approximate surface area is 201 Å². The molecule has 3 heterocycles. The van der Waals surface area contributed by atoms with Gasteiger partial charge in [0.25, 0.3) is 5.56 Å². The second-order valence-electron chi connectivity index (χ2n) is 8.34. The van der Waals surface area contributed by atoms with E-state index in [1.807, 2.05) is 26.0 Å². The Bertz CT molecular complexity index is 1290. The molecular weight excluding hydrogens is 454 g/mol.